The molecule has 0 radical (unpaired) electrons. The number of hydrogen-bond acceptors (Lipinski definition) is 8. The summed E-state index contributed by atoms with van der Waals surface area (Å²) in [4.78, 5) is 0.119. The van der Waals surface area contributed by atoms with Crippen LogP contribution in [0.15, 0.2) is 53.4 Å². The van der Waals surface area contributed by atoms with Crippen molar-refractivity contribution < 1.29 is 22.6 Å². The number of aromatic amines is 1. The lowest BCUT2D eigenvalue weighted by Crippen LogP contribution is -2.15. The highest BCUT2D eigenvalue weighted by molar-refractivity contribution is 7.92. The van der Waals surface area contributed by atoms with E-state index < -0.39 is 10.0 Å². The maximum atomic E-state index is 13.2. The largest absolute Gasteiger partial charge is 0.492 e. The number of rotatable bonds is 15. The number of benzene rings is 2. The number of nitrogens with zero attached hydrogens (tertiary/aromatic N) is 4. The van der Waals surface area contributed by atoms with Crippen LogP contribution in [0.5, 0.6) is 17.4 Å². The van der Waals surface area contributed by atoms with Crippen molar-refractivity contribution in [1.29, 1.82) is 0 Å². The van der Waals surface area contributed by atoms with Gasteiger partial charge in [0.25, 0.3) is 10.0 Å². The number of tetrazole rings is 1. The van der Waals surface area contributed by atoms with E-state index in [1.165, 1.54) is 30.3 Å². The molecule has 0 amide bonds. The van der Waals surface area contributed by atoms with E-state index in [1.54, 1.807) is 42.5 Å². The molecule has 0 aliphatic heterocycles. The lowest BCUT2D eigenvalue weighted by molar-refractivity contribution is 0.114. The summed E-state index contributed by atoms with van der Waals surface area (Å²) in [6.45, 7) is 4.44. The molecule has 4 aromatic rings. The minimum Gasteiger partial charge on any atom is -0.492 e. The van der Waals surface area contributed by atoms with Gasteiger partial charge in [0.05, 0.1) is 12.7 Å². The highest BCUT2D eigenvalue weighted by Gasteiger charge is 2.20. The fourth-order valence-corrected chi connectivity index (χ4v) is 4.97. The molecule has 198 valence electrons. The van der Waals surface area contributed by atoms with E-state index in [0.29, 0.717) is 35.3 Å². The molecule has 2 aromatic carbocycles. The van der Waals surface area contributed by atoms with Gasteiger partial charge in [-0.1, -0.05) is 45.1 Å². The Hall–Kier alpha value is -3.80. The first-order valence-corrected chi connectivity index (χ1v) is 13.8. The van der Waals surface area contributed by atoms with Gasteiger partial charge < -0.3 is 14.2 Å². The van der Waals surface area contributed by atoms with E-state index in [-0.39, 0.29) is 11.7 Å². The Morgan fingerprint density at radius 1 is 0.946 bits per heavy atom. The number of H-pyrrole nitrogens is 1. The smallest absolute Gasteiger partial charge is 0.265 e. The molecular formula is C25H32N6O5S. The lowest BCUT2D eigenvalue weighted by atomic mass is 10.1. The average Bonchev–Trinajstić information content (AvgIpc) is 3.47. The summed E-state index contributed by atoms with van der Waals surface area (Å²) in [7, 11) is -3.86. The number of hydrogen-bond donors (Lipinski definition) is 2. The van der Waals surface area contributed by atoms with Crippen molar-refractivity contribution in [3.05, 3.63) is 54.1 Å². The number of anilines is 1. The van der Waals surface area contributed by atoms with Gasteiger partial charge in [0, 0.05) is 5.69 Å². The van der Waals surface area contributed by atoms with Crippen molar-refractivity contribution in [3.8, 4) is 17.4 Å². The Morgan fingerprint density at radius 3 is 2.51 bits per heavy atom. The number of sulfonamides is 1. The Balaban J connectivity index is 1.31. The van der Waals surface area contributed by atoms with E-state index in [9.17, 15) is 8.42 Å². The highest BCUT2D eigenvalue weighted by Crippen LogP contribution is 2.28. The first-order valence-electron chi connectivity index (χ1n) is 12.3. The van der Waals surface area contributed by atoms with Gasteiger partial charge in [-0.15, -0.1) is 14.8 Å². The zero-order valence-electron chi connectivity index (χ0n) is 21.0. The Kier molecular flexibility index (Phi) is 8.83. The molecule has 2 heterocycles. The molecule has 0 saturated carbocycles. The second-order valence-electron chi connectivity index (χ2n) is 8.66. The van der Waals surface area contributed by atoms with Crippen molar-refractivity contribution in [2.75, 3.05) is 18.1 Å². The van der Waals surface area contributed by atoms with Gasteiger partial charge in [0.2, 0.25) is 18.3 Å². The molecular weight excluding hydrogens is 496 g/mol. The Labute approximate surface area is 216 Å². The van der Waals surface area contributed by atoms with E-state index in [2.05, 4.69) is 32.3 Å². The Bertz CT molecular complexity index is 1360. The minimum absolute atomic E-state index is 0.0821. The predicted octanol–water partition coefficient (Wildman–Crippen LogP) is 4.72. The number of ether oxygens (including phenoxy) is 3. The lowest BCUT2D eigenvalue weighted by Gasteiger charge is -2.14. The fourth-order valence-electron chi connectivity index (χ4n) is 3.68. The van der Waals surface area contributed by atoms with Gasteiger partial charge in [-0.2, -0.15) is 5.21 Å². The molecule has 11 nitrogen and oxygen atoms in total. The van der Waals surface area contributed by atoms with Gasteiger partial charge in [-0.3, -0.25) is 4.72 Å². The van der Waals surface area contributed by atoms with Crippen LogP contribution in [0, 0.1) is 6.92 Å². The van der Waals surface area contributed by atoms with Crippen molar-refractivity contribution >= 4 is 21.4 Å². The van der Waals surface area contributed by atoms with E-state index in [4.69, 9.17) is 14.2 Å². The molecule has 0 atom stereocenters. The zero-order valence-corrected chi connectivity index (χ0v) is 21.8. The zero-order chi connectivity index (χ0) is 26.1. The summed E-state index contributed by atoms with van der Waals surface area (Å²) in [6, 6.07) is 13.3. The van der Waals surface area contributed by atoms with Crippen LogP contribution < -0.4 is 18.9 Å². The van der Waals surface area contributed by atoms with E-state index in [1.807, 2.05) is 13.0 Å². The van der Waals surface area contributed by atoms with Crippen LogP contribution in [0.2, 0.25) is 0 Å². The molecule has 0 aliphatic rings. The average molecular weight is 529 g/mol. The van der Waals surface area contributed by atoms with Crippen LogP contribution in [0.3, 0.4) is 0 Å². The second-order valence-corrected chi connectivity index (χ2v) is 10.3. The standard InChI is InChI=1S/C25H32N6O5S/c1-3-4-5-6-7-8-15-34-22-14-9-19(2)16-23(22)37(32,33)28-20-10-12-21(13-11-20)35-18-36-25-17-24-26-29-30-31(24)27-25/h9-14,16-17,28H,3-8,15,18H2,1-2H3,(H,26,30). The molecule has 2 N–H and O–H groups in total. The van der Waals surface area contributed by atoms with Crippen molar-refractivity contribution in [3.63, 3.8) is 0 Å². The van der Waals surface area contributed by atoms with E-state index in [0.717, 1.165) is 18.4 Å². The molecule has 12 heteroatoms. The highest BCUT2D eigenvalue weighted by atomic mass is 32.2. The molecule has 0 fully saturated rings. The van der Waals surface area contributed by atoms with Crippen molar-refractivity contribution in [2.45, 2.75) is 57.3 Å². The number of fused-ring (bicyclic) bond motifs is 1. The molecule has 0 saturated heterocycles. The number of aryl methyl sites for hydroxylation is 1. The van der Waals surface area contributed by atoms with Crippen LogP contribution in [-0.2, 0) is 10.0 Å². The normalized spacial score (nSPS) is 11.5. The fraction of sp³-hybridized carbons (Fsp3) is 0.400. The summed E-state index contributed by atoms with van der Waals surface area (Å²) in [5.41, 5.74) is 1.76. The van der Waals surface area contributed by atoms with Crippen molar-refractivity contribution in [2.24, 2.45) is 0 Å². The third-order valence-corrected chi connectivity index (χ3v) is 7.05. The van der Waals surface area contributed by atoms with Crippen LogP contribution in [-0.4, -0.2) is 47.1 Å². The summed E-state index contributed by atoms with van der Waals surface area (Å²) in [5.74, 6) is 1.19. The van der Waals surface area contributed by atoms with Gasteiger partial charge in [-0.25, -0.2) is 8.42 Å². The summed E-state index contributed by atoms with van der Waals surface area (Å²) < 4.78 is 47.2. The minimum atomic E-state index is -3.86. The number of unbranched alkanes of at least 4 members (excludes halogenated alkanes) is 5. The molecule has 0 bridgehead atoms. The molecule has 0 unspecified atom stereocenters. The first-order chi connectivity index (χ1) is 17.9. The number of nitrogens with one attached hydrogen (secondary N) is 2. The molecule has 4 rings (SSSR count). The summed E-state index contributed by atoms with van der Waals surface area (Å²) in [5, 5.41) is 14.1. The first kappa shape index (κ1) is 26.3. The summed E-state index contributed by atoms with van der Waals surface area (Å²) in [6.07, 6.45) is 6.79. The second kappa shape index (κ2) is 12.4. The topological polar surface area (TPSA) is 133 Å². The van der Waals surface area contributed by atoms with Crippen LogP contribution >= 0.6 is 0 Å². The molecule has 0 spiro atoms. The molecule has 2 aromatic heterocycles. The van der Waals surface area contributed by atoms with Crippen molar-refractivity contribution in [1.82, 2.24) is 25.3 Å². The van der Waals surface area contributed by atoms with Crippen LogP contribution in [0.1, 0.15) is 51.0 Å². The SMILES string of the molecule is CCCCCCCCOc1ccc(C)cc1S(=O)(=O)Nc1ccc(OCOc2cc3nn[nH]n3n2)cc1. The maximum absolute atomic E-state index is 13.2. The van der Waals surface area contributed by atoms with Gasteiger partial charge in [0.15, 0.2) is 0 Å². The van der Waals surface area contributed by atoms with Gasteiger partial charge in [0.1, 0.15) is 16.4 Å². The van der Waals surface area contributed by atoms with Gasteiger partial charge >= 0.3 is 0 Å². The maximum Gasteiger partial charge on any atom is 0.265 e. The summed E-state index contributed by atoms with van der Waals surface area (Å²) >= 11 is 0. The number of aromatic nitrogens is 5. The van der Waals surface area contributed by atoms with Crippen LogP contribution in [0.25, 0.3) is 5.65 Å². The molecule has 0 aliphatic carbocycles. The third-order valence-electron chi connectivity index (χ3n) is 5.64. The molecule has 37 heavy (non-hydrogen) atoms. The quantitative estimate of drug-likeness (QED) is 0.167. The predicted molar refractivity (Wildman–Crippen MR) is 139 cm³/mol. The van der Waals surface area contributed by atoms with E-state index >= 15 is 0 Å². The monoisotopic (exact) mass is 528 g/mol. The Morgan fingerprint density at radius 2 is 1.73 bits per heavy atom. The van der Waals surface area contributed by atoms with Crippen LogP contribution in [0.4, 0.5) is 5.69 Å². The third kappa shape index (κ3) is 7.35. The van der Waals surface area contributed by atoms with Gasteiger partial charge in [-0.05, 0) is 60.5 Å².